The van der Waals surface area contributed by atoms with Gasteiger partial charge in [0.2, 0.25) is 11.8 Å². The summed E-state index contributed by atoms with van der Waals surface area (Å²) in [6.45, 7) is 12.1. The van der Waals surface area contributed by atoms with Crippen LogP contribution in [0.25, 0.3) is 0 Å². The van der Waals surface area contributed by atoms with E-state index in [-0.39, 0.29) is 17.7 Å². The molecule has 0 aromatic heterocycles. The topological polar surface area (TPSA) is 178 Å². The van der Waals surface area contributed by atoms with E-state index in [2.05, 4.69) is 30.7 Å². The quantitative estimate of drug-likeness (QED) is 0.0539. The zero-order valence-electron chi connectivity index (χ0n) is 25.9. The molecule has 2 heterocycles. The molecule has 0 bridgehead atoms. The fourth-order valence-electron chi connectivity index (χ4n) is 5.00. The highest BCUT2D eigenvalue weighted by Crippen LogP contribution is 2.56. The Labute approximate surface area is 281 Å². The Kier molecular flexibility index (Phi) is 18.2. The average Bonchev–Trinajstić information content (AvgIpc) is 3.02. The first-order valence-corrected chi connectivity index (χ1v) is 19.6. The van der Waals surface area contributed by atoms with Crippen LogP contribution in [0.15, 0.2) is 48.4 Å². The number of rotatable bonds is 16. The zero-order valence-corrected chi connectivity index (χ0v) is 29.2. The fourth-order valence-corrected chi connectivity index (χ4v) is 10.8. The molecule has 0 unspecified atom stereocenters. The summed E-state index contributed by atoms with van der Waals surface area (Å²) in [6.07, 6.45) is 2.78. The van der Waals surface area contributed by atoms with E-state index in [1.807, 2.05) is 19.3 Å². The number of thioether (sulfide) groups is 1. The number of amides is 2. The second-order valence-electron chi connectivity index (χ2n) is 11.2. The van der Waals surface area contributed by atoms with Gasteiger partial charge in [-0.1, -0.05) is 48.6 Å². The number of hydrogen-bond acceptors (Lipinski definition) is 13. The Morgan fingerprint density at radius 3 is 2.31 bits per heavy atom. The third-order valence-corrected chi connectivity index (χ3v) is 13.2. The molecule has 0 aromatic rings. The van der Waals surface area contributed by atoms with E-state index < -0.39 is 59.5 Å². The zero-order chi connectivity index (χ0) is 33.6. The molecule has 2 aliphatic heterocycles. The number of aliphatic hydroxyl groups excluding tert-OH is 5. The highest BCUT2D eigenvalue weighted by Gasteiger charge is 2.49. The van der Waals surface area contributed by atoms with Crippen LogP contribution in [0, 0.1) is 11.8 Å². The first kappa shape index (κ1) is 40.2. The van der Waals surface area contributed by atoms with Gasteiger partial charge in [0.05, 0.1) is 6.61 Å². The molecule has 10 atom stereocenters. The Balaban J connectivity index is 2.18. The summed E-state index contributed by atoms with van der Waals surface area (Å²) >= 11 is 1.44. The van der Waals surface area contributed by atoms with E-state index in [4.69, 9.17) is 9.47 Å². The lowest BCUT2D eigenvalue weighted by atomic mass is 9.77. The summed E-state index contributed by atoms with van der Waals surface area (Å²) in [5.41, 5.74) is -0.200. The first-order chi connectivity index (χ1) is 21.4. The number of carbonyl (C=O) groups is 2. The molecule has 2 amide bonds. The van der Waals surface area contributed by atoms with Gasteiger partial charge in [-0.05, 0) is 82.8 Å². The van der Waals surface area contributed by atoms with Crippen LogP contribution < -0.4 is 10.6 Å². The van der Waals surface area contributed by atoms with Crippen molar-refractivity contribution in [1.29, 1.82) is 0 Å². The van der Waals surface area contributed by atoms with Crippen molar-refractivity contribution in [2.45, 2.75) is 86.5 Å². The molecule has 0 aliphatic carbocycles. The Hall–Kier alpha value is -0.980. The van der Waals surface area contributed by atoms with Gasteiger partial charge in [-0.25, -0.2) is 0 Å². The number of allylic oxidation sites excluding steroid dienone is 3. The van der Waals surface area contributed by atoms with Crippen LogP contribution in [0.5, 0.6) is 0 Å². The minimum atomic E-state index is -1.62. The minimum Gasteiger partial charge on any atom is -0.394 e. The highest BCUT2D eigenvalue weighted by atomic mass is 33.5. The number of carbonyl (C=O) groups excluding carboxylic acids is 2. The van der Waals surface area contributed by atoms with Gasteiger partial charge in [-0.15, -0.1) is 11.8 Å². The van der Waals surface area contributed by atoms with Gasteiger partial charge in [0.15, 0.2) is 6.29 Å². The summed E-state index contributed by atoms with van der Waals surface area (Å²) < 4.78 is 11.3. The normalized spacial score (nSPS) is 34.3. The lowest BCUT2D eigenvalue weighted by Crippen LogP contribution is -2.60. The second-order valence-corrected chi connectivity index (χ2v) is 16.5. The largest absolute Gasteiger partial charge is 0.394 e. The van der Waals surface area contributed by atoms with Crippen LogP contribution in [-0.4, -0.2) is 110 Å². The molecular formula is C30H48N2O9S4. The number of nitrogens with one attached hydrogen (secondary N) is 2. The number of aliphatic hydroxyl groups is 5. The van der Waals surface area contributed by atoms with Crippen LogP contribution in [0.3, 0.4) is 0 Å². The summed E-state index contributed by atoms with van der Waals surface area (Å²) in [5, 5.41) is 59.2. The monoisotopic (exact) mass is 708 g/mol. The van der Waals surface area contributed by atoms with E-state index in [0.29, 0.717) is 38.8 Å². The maximum absolute atomic E-state index is 12.8. The predicted octanol–water partition coefficient (Wildman–Crippen LogP) is 2.51. The van der Waals surface area contributed by atoms with E-state index in [9.17, 15) is 35.1 Å². The Bertz CT molecular complexity index is 1030. The van der Waals surface area contributed by atoms with Gasteiger partial charge in [-0.3, -0.25) is 9.59 Å². The molecule has 2 saturated heterocycles. The summed E-state index contributed by atoms with van der Waals surface area (Å²) in [7, 11) is 4.16. The summed E-state index contributed by atoms with van der Waals surface area (Å²) in [5.74, 6) is -1.19. The second kappa shape index (κ2) is 20.4. The Morgan fingerprint density at radius 2 is 1.71 bits per heavy atom. The highest BCUT2D eigenvalue weighted by molar-refractivity contribution is 9.09. The molecule has 0 spiro atoms. The number of unbranched alkanes of at least 4 members (excludes halogenated alkanes) is 1. The molecule has 15 heteroatoms. The lowest BCUT2D eigenvalue weighted by Gasteiger charge is -2.46. The van der Waals surface area contributed by atoms with E-state index in [1.165, 1.54) is 44.5 Å². The van der Waals surface area contributed by atoms with E-state index >= 15 is 0 Å². The van der Waals surface area contributed by atoms with Gasteiger partial charge in [0.1, 0.15) is 36.0 Å². The lowest BCUT2D eigenvalue weighted by molar-refractivity contribution is -0.318. The summed E-state index contributed by atoms with van der Waals surface area (Å²) in [6, 6.07) is 0. The molecule has 0 saturated carbocycles. The SMILES string of the molecule is C=CC(=C)CC[C@@]1(C)SSS[C@H](O)[C@H](O[C@@H]2O[C@@H](CO)[C@H](O)[C@@H](O)[C@H]2O)[C@@H](C)[C@@H]1/C=C/C(=O)NCCCCNC(=O)/C=C/SC. The maximum Gasteiger partial charge on any atom is 0.244 e. The van der Waals surface area contributed by atoms with Crippen LogP contribution in [0.4, 0.5) is 0 Å². The predicted molar refractivity (Wildman–Crippen MR) is 184 cm³/mol. The molecule has 45 heavy (non-hydrogen) atoms. The van der Waals surface area contributed by atoms with Crippen molar-refractivity contribution in [3.63, 3.8) is 0 Å². The molecule has 256 valence electrons. The molecule has 2 rings (SSSR count). The molecule has 2 fully saturated rings. The molecular weight excluding hydrogens is 661 g/mol. The number of ether oxygens (including phenoxy) is 2. The molecule has 0 aromatic carbocycles. The summed E-state index contributed by atoms with van der Waals surface area (Å²) in [4.78, 5) is 24.5. The standard InChI is InChI=1S/C30H48N2O9S4/c1-6-18(2)11-13-30(4)20(9-10-22(34)31-14-7-8-15-32-23(35)12-16-42-5)19(3)27(28(39)43-45-44-30)41-29-26(38)25(37)24(36)21(17-33)40-29/h6,9-10,12,16,19-21,24-29,33,36-39H,1-2,7-8,11,13-15,17H2,3-5H3,(H,31,34)(H,32,35)/b10-9+,16-12+/t19-,20-,21-,24-,25+,26+,27+,28-,29-,30+/m0/s1. The fraction of sp³-hybridized carbons (Fsp3) is 0.667. The van der Waals surface area contributed by atoms with Crippen molar-refractivity contribution in [2.24, 2.45) is 11.8 Å². The van der Waals surface area contributed by atoms with E-state index in [0.717, 1.165) is 5.57 Å². The van der Waals surface area contributed by atoms with Crippen LogP contribution in [-0.2, 0) is 19.1 Å². The van der Waals surface area contributed by atoms with Crippen molar-refractivity contribution in [3.8, 4) is 0 Å². The van der Waals surface area contributed by atoms with Crippen molar-refractivity contribution < 1.29 is 44.6 Å². The minimum absolute atomic E-state index is 0.155. The third kappa shape index (κ3) is 12.5. The van der Waals surface area contributed by atoms with Crippen LogP contribution in [0.2, 0.25) is 0 Å². The van der Waals surface area contributed by atoms with Gasteiger partial charge in [-0.2, -0.15) is 0 Å². The van der Waals surface area contributed by atoms with Crippen molar-refractivity contribution in [2.75, 3.05) is 26.0 Å². The Morgan fingerprint density at radius 1 is 1.07 bits per heavy atom. The first-order valence-electron chi connectivity index (χ1n) is 14.8. The van der Waals surface area contributed by atoms with Crippen molar-refractivity contribution in [1.82, 2.24) is 10.6 Å². The van der Waals surface area contributed by atoms with Gasteiger partial charge >= 0.3 is 0 Å². The smallest absolute Gasteiger partial charge is 0.244 e. The van der Waals surface area contributed by atoms with Crippen molar-refractivity contribution >= 4 is 55.0 Å². The van der Waals surface area contributed by atoms with Gasteiger partial charge in [0, 0.05) is 23.9 Å². The van der Waals surface area contributed by atoms with Gasteiger partial charge < -0.3 is 45.6 Å². The molecule has 0 radical (unpaired) electrons. The van der Waals surface area contributed by atoms with Crippen LogP contribution in [0.1, 0.15) is 39.5 Å². The van der Waals surface area contributed by atoms with Crippen LogP contribution >= 0.6 is 43.2 Å². The van der Waals surface area contributed by atoms with E-state index in [1.54, 1.807) is 22.3 Å². The van der Waals surface area contributed by atoms with Gasteiger partial charge in [0.25, 0.3) is 0 Å². The molecule has 11 nitrogen and oxygen atoms in total. The third-order valence-electron chi connectivity index (χ3n) is 7.82. The maximum atomic E-state index is 12.8. The average molecular weight is 709 g/mol. The molecule has 7 N–H and O–H groups in total. The molecule has 2 aliphatic rings. The van der Waals surface area contributed by atoms with Crippen molar-refractivity contribution in [3.05, 3.63) is 48.4 Å². The number of hydrogen-bond donors (Lipinski definition) is 7.